The van der Waals surface area contributed by atoms with Gasteiger partial charge in [0.25, 0.3) is 0 Å². The molecule has 1 fully saturated rings. The molecule has 1 aliphatic rings. The van der Waals surface area contributed by atoms with Crippen LogP contribution in [0.25, 0.3) is 0 Å². The van der Waals surface area contributed by atoms with E-state index in [1.54, 1.807) is 6.20 Å². The fourth-order valence-electron chi connectivity index (χ4n) is 1.90. The second kappa shape index (κ2) is 11.3. The molecule has 0 amide bonds. The highest BCUT2D eigenvalue weighted by Gasteiger charge is 2.19. The van der Waals surface area contributed by atoms with Crippen molar-refractivity contribution in [3.8, 4) is 0 Å². The molecule has 0 aromatic carbocycles. The molecular weight excluding hydrogens is 258 g/mol. The molecule has 2 N–H and O–H groups in total. The van der Waals surface area contributed by atoms with E-state index in [0.29, 0.717) is 17.9 Å². The van der Waals surface area contributed by atoms with Crippen LogP contribution in [0.3, 0.4) is 0 Å². The van der Waals surface area contributed by atoms with Crippen LogP contribution in [-0.2, 0) is 0 Å². The molecule has 2 heterocycles. The van der Waals surface area contributed by atoms with E-state index in [4.69, 9.17) is 10.2 Å². The van der Waals surface area contributed by atoms with Crippen molar-refractivity contribution in [3.63, 3.8) is 0 Å². The van der Waals surface area contributed by atoms with E-state index < -0.39 is 0 Å². The number of aldehydes is 1. The molecule has 114 valence electrons. The number of aliphatic hydroxyl groups excluding tert-OH is 2. The highest BCUT2D eigenvalue weighted by atomic mass is 16.3. The van der Waals surface area contributed by atoms with Gasteiger partial charge in [0.05, 0.1) is 12.4 Å². The predicted molar refractivity (Wildman–Crippen MR) is 78.9 cm³/mol. The zero-order valence-electron chi connectivity index (χ0n) is 12.5. The Labute approximate surface area is 120 Å². The number of carbonyl (C=O) groups is 1. The van der Waals surface area contributed by atoms with Crippen molar-refractivity contribution in [3.05, 3.63) is 18.1 Å². The molecule has 20 heavy (non-hydrogen) atoms. The largest absolute Gasteiger partial charge is 0.400 e. The van der Waals surface area contributed by atoms with Crippen molar-refractivity contribution in [2.75, 3.05) is 31.7 Å². The quantitative estimate of drug-likeness (QED) is 0.809. The van der Waals surface area contributed by atoms with E-state index in [2.05, 4.69) is 14.9 Å². The molecule has 6 nitrogen and oxygen atoms in total. The van der Waals surface area contributed by atoms with Crippen molar-refractivity contribution in [1.29, 1.82) is 0 Å². The average molecular weight is 283 g/mol. The SMILES string of the molecule is CC.CO.O=Cc1cnc(N2CCC(CO)CC2)cn1. The Morgan fingerprint density at radius 1 is 1.25 bits per heavy atom. The summed E-state index contributed by atoms with van der Waals surface area (Å²) in [6.07, 6.45) is 5.76. The summed E-state index contributed by atoms with van der Waals surface area (Å²) in [5.41, 5.74) is 0.356. The van der Waals surface area contributed by atoms with E-state index in [0.717, 1.165) is 38.9 Å². The van der Waals surface area contributed by atoms with Crippen LogP contribution >= 0.6 is 0 Å². The third-order valence-electron chi connectivity index (χ3n) is 2.98. The monoisotopic (exact) mass is 283 g/mol. The number of hydrogen-bond donors (Lipinski definition) is 2. The molecule has 2 rings (SSSR count). The average Bonchev–Trinajstić information content (AvgIpc) is 2.59. The van der Waals surface area contributed by atoms with Crippen LogP contribution in [0.4, 0.5) is 5.82 Å². The lowest BCUT2D eigenvalue weighted by Crippen LogP contribution is -2.35. The van der Waals surface area contributed by atoms with Gasteiger partial charge in [0, 0.05) is 26.8 Å². The lowest BCUT2D eigenvalue weighted by molar-refractivity contribution is 0.111. The maximum Gasteiger partial charge on any atom is 0.170 e. The summed E-state index contributed by atoms with van der Waals surface area (Å²) >= 11 is 0. The molecule has 1 saturated heterocycles. The Morgan fingerprint density at radius 2 is 1.85 bits per heavy atom. The zero-order valence-corrected chi connectivity index (χ0v) is 12.5. The van der Waals surface area contributed by atoms with Crippen molar-refractivity contribution in [1.82, 2.24) is 9.97 Å². The number of carbonyl (C=O) groups excluding carboxylic acids is 1. The number of aromatic nitrogens is 2. The third-order valence-corrected chi connectivity index (χ3v) is 2.98. The van der Waals surface area contributed by atoms with E-state index in [-0.39, 0.29) is 6.61 Å². The minimum Gasteiger partial charge on any atom is -0.400 e. The van der Waals surface area contributed by atoms with Crippen LogP contribution in [-0.4, -0.2) is 53.3 Å². The lowest BCUT2D eigenvalue weighted by atomic mass is 9.98. The van der Waals surface area contributed by atoms with E-state index in [1.165, 1.54) is 6.20 Å². The lowest BCUT2D eigenvalue weighted by Gasteiger charge is -2.31. The summed E-state index contributed by atoms with van der Waals surface area (Å²) in [4.78, 5) is 20.7. The third kappa shape index (κ3) is 5.63. The second-order valence-corrected chi connectivity index (χ2v) is 4.03. The molecular formula is C14H25N3O3. The zero-order chi connectivity index (χ0) is 15.4. The first-order valence-electron chi connectivity index (χ1n) is 6.91. The first kappa shape index (κ1) is 18.5. The molecule has 0 aliphatic carbocycles. The van der Waals surface area contributed by atoms with E-state index in [1.807, 2.05) is 13.8 Å². The van der Waals surface area contributed by atoms with Crippen molar-refractivity contribution >= 4 is 12.1 Å². The summed E-state index contributed by atoms with van der Waals surface area (Å²) < 4.78 is 0. The minimum absolute atomic E-state index is 0.267. The van der Waals surface area contributed by atoms with Gasteiger partial charge in [-0.3, -0.25) is 4.79 Å². The van der Waals surface area contributed by atoms with Gasteiger partial charge in [-0.05, 0) is 18.8 Å². The topological polar surface area (TPSA) is 86.5 Å². The number of aliphatic hydroxyl groups is 2. The van der Waals surface area contributed by atoms with Crippen LogP contribution in [0.5, 0.6) is 0 Å². The van der Waals surface area contributed by atoms with Gasteiger partial charge in [-0.1, -0.05) is 13.8 Å². The molecule has 0 unspecified atom stereocenters. The second-order valence-electron chi connectivity index (χ2n) is 4.03. The molecule has 0 atom stereocenters. The number of nitrogens with zero attached hydrogens (tertiary/aromatic N) is 3. The van der Waals surface area contributed by atoms with Crippen molar-refractivity contribution < 1.29 is 15.0 Å². The molecule has 1 aliphatic heterocycles. The molecule has 0 spiro atoms. The van der Waals surface area contributed by atoms with E-state index in [9.17, 15) is 4.79 Å². The number of piperidine rings is 1. The molecule has 0 saturated carbocycles. The number of hydrogen-bond acceptors (Lipinski definition) is 6. The fourth-order valence-corrected chi connectivity index (χ4v) is 1.90. The maximum absolute atomic E-state index is 10.4. The van der Waals surface area contributed by atoms with Gasteiger partial charge in [-0.15, -0.1) is 0 Å². The molecule has 6 heteroatoms. The predicted octanol–water partition coefficient (Wildman–Crippen LogP) is 1.13. The highest BCUT2D eigenvalue weighted by molar-refractivity contribution is 5.71. The van der Waals surface area contributed by atoms with Gasteiger partial charge in [0.1, 0.15) is 11.5 Å². The van der Waals surface area contributed by atoms with Gasteiger partial charge in [0.2, 0.25) is 0 Å². The van der Waals surface area contributed by atoms with Crippen LogP contribution < -0.4 is 4.90 Å². The van der Waals surface area contributed by atoms with E-state index >= 15 is 0 Å². The van der Waals surface area contributed by atoms with Gasteiger partial charge >= 0.3 is 0 Å². The van der Waals surface area contributed by atoms with Crippen LogP contribution in [0.1, 0.15) is 37.2 Å². The van der Waals surface area contributed by atoms with Gasteiger partial charge in [-0.25, -0.2) is 9.97 Å². The molecule has 0 radical (unpaired) electrons. The Balaban J connectivity index is 0.000000829. The van der Waals surface area contributed by atoms with Crippen LogP contribution in [0, 0.1) is 5.92 Å². The first-order valence-corrected chi connectivity index (χ1v) is 6.91. The standard InChI is InChI=1S/C11H15N3O2.C2H6.CH4O/c15-7-9-1-3-14(4-2-9)11-6-12-10(8-16)5-13-11;2*1-2/h5-6,8-9,15H,1-4,7H2;1-2H3;2H,1H3. The normalized spacial score (nSPS) is 14.6. The van der Waals surface area contributed by atoms with Crippen molar-refractivity contribution in [2.24, 2.45) is 5.92 Å². The first-order chi connectivity index (χ1) is 9.83. The van der Waals surface area contributed by atoms with Gasteiger partial charge in [0.15, 0.2) is 6.29 Å². The van der Waals surface area contributed by atoms with Crippen LogP contribution in [0.15, 0.2) is 12.4 Å². The summed E-state index contributed by atoms with van der Waals surface area (Å²) in [6.45, 7) is 6.05. The number of rotatable bonds is 3. The summed E-state index contributed by atoms with van der Waals surface area (Å²) in [7, 11) is 1.00. The van der Waals surface area contributed by atoms with Gasteiger partial charge < -0.3 is 15.1 Å². The Kier molecular flexibility index (Phi) is 10.4. The van der Waals surface area contributed by atoms with Crippen LogP contribution in [0.2, 0.25) is 0 Å². The molecule has 0 bridgehead atoms. The Bertz CT molecular complexity index is 349. The molecule has 1 aromatic heterocycles. The summed E-state index contributed by atoms with van der Waals surface area (Å²) in [6, 6.07) is 0. The molecule has 1 aromatic rings. The smallest absolute Gasteiger partial charge is 0.170 e. The van der Waals surface area contributed by atoms with Gasteiger partial charge in [-0.2, -0.15) is 0 Å². The summed E-state index contributed by atoms with van der Waals surface area (Å²) in [5.74, 6) is 1.22. The minimum atomic E-state index is 0.267. The Morgan fingerprint density at radius 3 is 2.25 bits per heavy atom. The maximum atomic E-state index is 10.4. The highest BCUT2D eigenvalue weighted by Crippen LogP contribution is 2.20. The Hall–Kier alpha value is -1.53. The van der Waals surface area contributed by atoms with Crippen molar-refractivity contribution in [2.45, 2.75) is 26.7 Å². The fraction of sp³-hybridized carbons (Fsp3) is 0.643. The number of anilines is 1. The summed E-state index contributed by atoms with van der Waals surface area (Å²) in [5, 5.41) is 16.0.